The molecule has 0 fully saturated rings. The van der Waals surface area contributed by atoms with Gasteiger partial charge in [0.1, 0.15) is 12.2 Å². The quantitative estimate of drug-likeness (QED) is 0.337. The van der Waals surface area contributed by atoms with E-state index in [0.717, 1.165) is 32.4 Å². The highest BCUT2D eigenvalue weighted by Crippen LogP contribution is 2.13. The molecule has 0 heterocycles. The molecule has 6 nitrogen and oxygen atoms in total. The maximum atomic E-state index is 11.9. The summed E-state index contributed by atoms with van der Waals surface area (Å²) in [5.74, 6) is 0.301. The molecule has 160 valence electrons. The van der Waals surface area contributed by atoms with E-state index in [-0.39, 0.29) is 24.1 Å². The molecule has 0 saturated heterocycles. The Kier molecular flexibility index (Phi) is 13.4. The van der Waals surface area contributed by atoms with Gasteiger partial charge in [0, 0.05) is 37.8 Å². The second-order valence-electron chi connectivity index (χ2n) is 8.43. The van der Waals surface area contributed by atoms with E-state index in [2.05, 4.69) is 23.6 Å². The summed E-state index contributed by atoms with van der Waals surface area (Å²) < 4.78 is 11.0. The Morgan fingerprint density at radius 2 is 1.00 bits per heavy atom. The number of esters is 2. The van der Waals surface area contributed by atoms with Crippen molar-refractivity contribution >= 4 is 11.9 Å². The highest BCUT2D eigenvalue weighted by Gasteiger charge is 2.18. The van der Waals surface area contributed by atoms with Crippen LogP contribution in [0.1, 0.15) is 59.8 Å². The van der Waals surface area contributed by atoms with Crippen molar-refractivity contribution in [3.05, 3.63) is 0 Å². The summed E-state index contributed by atoms with van der Waals surface area (Å²) in [4.78, 5) is 28.0. The van der Waals surface area contributed by atoms with Crippen molar-refractivity contribution in [3.63, 3.8) is 0 Å². The van der Waals surface area contributed by atoms with E-state index in [0.29, 0.717) is 24.7 Å². The molecule has 0 amide bonds. The molecule has 0 rings (SSSR count). The van der Waals surface area contributed by atoms with E-state index in [9.17, 15) is 9.59 Å². The van der Waals surface area contributed by atoms with Gasteiger partial charge < -0.3 is 19.3 Å². The lowest BCUT2D eigenvalue weighted by Gasteiger charge is -2.23. The van der Waals surface area contributed by atoms with Crippen LogP contribution in [0.15, 0.2) is 0 Å². The minimum absolute atomic E-state index is 0.0829. The second kappa shape index (κ2) is 13.9. The number of hydrogen-bond donors (Lipinski definition) is 0. The molecular weight excluding hydrogens is 344 g/mol. The first-order chi connectivity index (χ1) is 12.5. The van der Waals surface area contributed by atoms with Crippen LogP contribution in [0.2, 0.25) is 0 Å². The van der Waals surface area contributed by atoms with Crippen LogP contribution in [0, 0.1) is 11.8 Å². The van der Waals surface area contributed by atoms with Crippen LogP contribution in [0.25, 0.3) is 0 Å². The van der Waals surface area contributed by atoms with Crippen molar-refractivity contribution in [2.45, 2.75) is 72.0 Å². The van der Waals surface area contributed by atoms with E-state index in [4.69, 9.17) is 9.47 Å². The van der Waals surface area contributed by atoms with Gasteiger partial charge >= 0.3 is 11.9 Å². The number of rotatable bonds is 14. The molecule has 0 bridgehead atoms. The van der Waals surface area contributed by atoms with Crippen LogP contribution in [-0.2, 0) is 19.1 Å². The van der Waals surface area contributed by atoms with Crippen molar-refractivity contribution in [3.8, 4) is 0 Å². The molecule has 6 heteroatoms. The molecule has 0 radical (unpaired) electrons. The average Bonchev–Trinajstić information content (AvgIpc) is 2.52. The molecule has 4 atom stereocenters. The van der Waals surface area contributed by atoms with Gasteiger partial charge in [-0.1, -0.05) is 20.3 Å². The van der Waals surface area contributed by atoms with Crippen molar-refractivity contribution in [2.24, 2.45) is 11.8 Å². The second-order valence-corrected chi connectivity index (χ2v) is 8.43. The number of carbonyl (C=O) groups excluding carboxylic acids is 2. The monoisotopic (exact) mass is 386 g/mol. The molecule has 0 aliphatic rings. The van der Waals surface area contributed by atoms with Gasteiger partial charge in [-0.15, -0.1) is 0 Å². The summed E-state index contributed by atoms with van der Waals surface area (Å²) in [6, 6.07) is 0. The van der Waals surface area contributed by atoms with Gasteiger partial charge in [-0.3, -0.25) is 9.59 Å². The lowest BCUT2D eigenvalue weighted by Crippen LogP contribution is -2.30. The van der Waals surface area contributed by atoms with E-state index >= 15 is 0 Å². The fourth-order valence-corrected chi connectivity index (χ4v) is 2.93. The van der Waals surface area contributed by atoms with Crippen LogP contribution in [-0.4, -0.2) is 75.2 Å². The standard InChI is InChI=1S/C21H42N2O4/c1-16(14-22(5)6)18(3)26-20(24)12-10-9-11-13-21(25)27-19(4)17(2)15-23(7)8/h16-19H,9-15H2,1-8H3/t16-,17-,18-,19+/m1/s1. The topological polar surface area (TPSA) is 59.1 Å². The van der Waals surface area contributed by atoms with Gasteiger partial charge in [0.15, 0.2) is 0 Å². The lowest BCUT2D eigenvalue weighted by atomic mass is 10.1. The van der Waals surface area contributed by atoms with Crippen LogP contribution in [0.3, 0.4) is 0 Å². The van der Waals surface area contributed by atoms with Gasteiger partial charge in [-0.2, -0.15) is 0 Å². The highest BCUT2D eigenvalue weighted by atomic mass is 16.5. The summed E-state index contributed by atoms with van der Waals surface area (Å²) in [6.07, 6.45) is 2.96. The smallest absolute Gasteiger partial charge is 0.306 e. The lowest BCUT2D eigenvalue weighted by molar-refractivity contribution is -0.151. The van der Waals surface area contributed by atoms with Gasteiger partial charge in [-0.05, 0) is 54.9 Å². The van der Waals surface area contributed by atoms with Crippen LogP contribution in [0.4, 0.5) is 0 Å². The minimum Gasteiger partial charge on any atom is -0.462 e. The van der Waals surface area contributed by atoms with Crippen LogP contribution < -0.4 is 0 Å². The molecular formula is C21H42N2O4. The van der Waals surface area contributed by atoms with E-state index in [1.807, 2.05) is 42.0 Å². The van der Waals surface area contributed by atoms with Gasteiger partial charge in [0.25, 0.3) is 0 Å². The Morgan fingerprint density at radius 1 is 0.667 bits per heavy atom. The van der Waals surface area contributed by atoms with Crippen molar-refractivity contribution < 1.29 is 19.1 Å². The molecule has 0 aromatic rings. The fraction of sp³-hybridized carbons (Fsp3) is 0.905. The van der Waals surface area contributed by atoms with E-state index in [1.54, 1.807) is 0 Å². The summed E-state index contributed by atoms with van der Waals surface area (Å²) >= 11 is 0. The predicted molar refractivity (Wildman–Crippen MR) is 110 cm³/mol. The van der Waals surface area contributed by atoms with Gasteiger partial charge in [-0.25, -0.2) is 0 Å². The fourth-order valence-electron chi connectivity index (χ4n) is 2.93. The SMILES string of the molecule is C[C@H](CN(C)C)[C@H](C)OC(=O)CCCCCC(=O)O[C@H](C)[C@H](C)CN(C)C. The minimum atomic E-state index is -0.151. The number of ether oxygens (including phenoxy) is 2. The Balaban J connectivity index is 3.86. The highest BCUT2D eigenvalue weighted by molar-refractivity contribution is 5.70. The van der Waals surface area contributed by atoms with Gasteiger partial charge in [0.05, 0.1) is 0 Å². The zero-order chi connectivity index (χ0) is 21.0. The summed E-state index contributed by atoms with van der Waals surface area (Å²) in [7, 11) is 8.05. The van der Waals surface area contributed by atoms with E-state index < -0.39 is 0 Å². The largest absolute Gasteiger partial charge is 0.462 e. The third-order valence-corrected chi connectivity index (χ3v) is 4.81. The summed E-state index contributed by atoms with van der Waals surface area (Å²) in [5.41, 5.74) is 0. The normalized spacial score (nSPS) is 16.1. The van der Waals surface area contributed by atoms with Crippen molar-refractivity contribution in [1.29, 1.82) is 0 Å². The zero-order valence-corrected chi connectivity index (χ0v) is 18.8. The molecule has 27 heavy (non-hydrogen) atoms. The summed E-state index contributed by atoms with van der Waals surface area (Å²) in [6.45, 7) is 9.85. The number of unbranched alkanes of at least 4 members (excludes halogenated alkanes) is 2. The first kappa shape index (κ1) is 25.9. The Morgan fingerprint density at radius 3 is 1.30 bits per heavy atom. The van der Waals surface area contributed by atoms with E-state index in [1.165, 1.54) is 0 Å². The predicted octanol–water partition coefficient (Wildman–Crippen LogP) is 3.20. The first-order valence-corrected chi connectivity index (χ1v) is 10.2. The number of carbonyl (C=O) groups is 2. The van der Waals surface area contributed by atoms with Crippen LogP contribution in [0.5, 0.6) is 0 Å². The average molecular weight is 387 g/mol. The molecule has 0 N–H and O–H groups in total. The maximum Gasteiger partial charge on any atom is 0.306 e. The molecule has 0 saturated carbocycles. The number of nitrogens with zero attached hydrogens (tertiary/aromatic N) is 2. The number of hydrogen-bond acceptors (Lipinski definition) is 6. The zero-order valence-electron chi connectivity index (χ0n) is 18.8. The van der Waals surface area contributed by atoms with Crippen LogP contribution >= 0.6 is 0 Å². The molecule has 0 spiro atoms. The van der Waals surface area contributed by atoms with Crippen molar-refractivity contribution in [1.82, 2.24) is 9.80 Å². The molecule has 0 aliphatic heterocycles. The third-order valence-electron chi connectivity index (χ3n) is 4.81. The molecule has 0 aromatic heterocycles. The summed E-state index contributed by atoms with van der Waals surface area (Å²) in [5, 5.41) is 0. The third kappa shape index (κ3) is 13.6. The Bertz CT molecular complexity index is 388. The Hall–Kier alpha value is -1.14. The molecule has 0 aromatic carbocycles. The first-order valence-electron chi connectivity index (χ1n) is 10.2. The Labute approximate surface area is 166 Å². The maximum absolute atomic E-state index is 11.9. The van der Waals surface area contributed by atoms with Gasteiger partial charge in [0.2, 0.25) is 0 Å². The molecule has 0 unspecified atom stereocenters. The van der Waals surface area contributed by atoms with Crippen molar-refractivity contribution in [2.75, 3.05) is 41.3 Å². The molecule has 0 aliphatic carbocycles.